The number of carbonyl (C=O) groups is 1. The maximum absolute atomic E-state index is 12.1. The second kappa shape index (κ2) is 8.31. The number of carbonyl (C=O) groups excluding carboxylic acids is 1. The van der Waals surface area contributed by atoms with Crippen LogP contribution in [0.15, 0.2) is 0 Å². The maximum Gasteiger partial charge on any atom is 0.240 e. The van der Waals surface area contributed by atoms with Crippen molar-refractivity contribution in [3.63, 3.8) is 0 Å². The number of nitrogens with zero attached hydrogens (tertiary/aromatic N) is 1. The molecule has 0 radical (unpaired) electrons. The summed E-state index contributed by atoms with van der Waals surface area (Å²) in [4.78, 5) is 12.1. The molecule has 1 aliphatic heterocycles. The fourth-order valence-corrected chi connectivity index (χ4v) is 3.58. The fourth-order valence-electron chi connectivity index (χ4n) is 2.44. The van der Waals surface area contributed by atoms with E-state index in [-0.39, 0.29) is 30.1 Å². The largest absolute Gasteiger partial charge is 0.352 e. The molecule has 0 aromatic carbocycles. The van der Waals surface area contributed by atoms with Crippen LogP contribution in [-0.2, 0) is 14.8 Å². The second-order valence-corrected chi connectivity index (χ2v) is 7.97. The molecule has 0 aromatic heterocycles. The molecule has 126 valence electrons. The first kappa shape index (κ1) is 20.6. The van der Waals surface area contributed by atoms with Gasteiger partial charge in [0.25, 0.3) is 0 Å². The van der Waals surface area contributed by atoms with E-state index in [9.17, 15) is 13.2 Å². The van der Waals surface area contributed by atoms with Crippen molar-refractivity contribution >= 4 is 28.3 Å². The molecular weight excluding hydrogens is 314 g/mol. The Morgan fingerprint density at radius 1 is 1.33 bits per heavy atom. The zero-order chi connectivity index (χ0) is 15.4. The van der Waals surface area contributed by atoms with Gasteiger partial charge in [-0.15, -0.1) is 12.4 Å². The summed E-state index contributed by atoms with van der Waals surface area (Å²) in [6.45, 7) is 6.31. The van der Waals surface area contributed by atoms with Crippen LogP contribution in [0.25, 0.3) is 0 Å². The van der Waals surface area contributed by atoms with Crippen molar-refractivity contribution in [3.05, 3.63) is 0 Å². The zero-order valence-electron chi connectivity index (χ0n) is 13.1. The third-order valence-corrected chi connectivity index (χ3v) is 5.72. The van der Waals surface area contributed by atoms with E-state index in [1.807, 2.05) is 6.92 Å². The molecule has 0 bridgehead atoms. The van der Waals surface area contributed by atoms with Crippen molar-refractivity contribution in [2.75, 3.05) is 18.8 Å². The molecule has 1 saturated heterocycles. The van der Waals surface area contributed by atoms with Gasteiger partial charge in [-0.2, -0.15) is 0 Å². The van der Waals surface area contributed by atoms with E-state index in [1.165, 1.54) is 4.31 Å². The van der Waals surface area contributed by atoms with Gasteiger partial charge in [0.05, 0.1) is 11.3 Å². The Kier molecular flexibility index (Phi) is 8.17. The Hall–Kier alpha value is -0.370. The molecule has 3 N–H and O–H groups in total. The molecule has 1 fully saturated rings. The number of piperidine rings is 1. The van der Waals surface area contributed by atoms with Crippen molar-refractivity contribution in [1.29, 1.82) is 0 Å². The van der Waals surface area contributed by atoms with Crippen molar-refractivity contribution < 1.29 is 13.2 Å². The van der Waals surface area contributed by atoms with Crippen LogP contribution in [0.1, 0.15) is 46.5 Å². The molecule has 1 unspecified atom stereocenters. The summed E-state index contributed by atoms with van der Waals surface area (Å²) in [7, 11) is -3.11. The average molecular weight is 342 g/mol. The van der Waals surface area contributed by atoms with Gasteiger partial charge in [0.2, 0.25) is 15.9 Å². The van der Waals surface area contributed by atoms with Crippen molar-refractivity contribution in [1.82, 2.24) is 9.62 Å². The van der Waals surface area contributed by atoms with Gasteiger partial charge < -0.3 is 11.1 Å². The first-order chi connectivity index (χ1) is 9.23. The Labute approximate surface area is 134 Å². The highest BCUT2D eigenvalue weighted by atomic mass is 35.5. The minimum atomic E-state index is -3.11. The molecule has 21 heavy (non-hydrogen) atoms. The maximum atomic E-state index is 12.1. The van der Waals surface area contributed by atoms with Gasteiger partial charge in [-0.3, -0.25) is 4.79 Å². The molecule has 1 heterocycles. The Morgan fingerprint density at radius 2 is 1.86 bits per heavy atom. The zero-order valence-corrected chi connectivity index (χ0v) is 14.7. The van der Waals surface area contributed by atoms with E-state index in [0.29, 0.717) is 32.4 Å². The molecule has 1 rings (SSSR count). The van der Waals surface area contributed by atoms with Gasteiger partial charge in [0.1, 0.15) is 0 Å². The molecule has 6 nitrogen and oxygen atoms in total. The predicted octanol–water partition coefficient (Wildman–Crippen LogP) is 0.856. The van der Waals surface area contributed by atoms with Crippen molar-refractivity contribution in [3.8, 4) is 0 Å². The number of nitrogens with one attached hydrogen (secondary N) is 1. The molecule has 1 aliphatic rings. The first-order valence-electron chi connectivity index (χ1n) is 7.30. The highest BCUT2D eigenvalue weighted by molar-refractivity contribution is 7.89. The van der Waals surface area contributed by atoms with Gasteiger partial charge in [-0.1, -0.05) is 13.3 Å². The summed E-state index contributed by atoms with van der Waals surface area (Å²) in [6, 6.07) is 0.0190. The summed E-state index contributed by atoms with van der Waals surface area (Å²) in [5.41, 5.74) is 5.14. The van der Waals surface area contributed by atoms with Crippen LogP contribution >= 0.6 is 12.4 Å². The highest BCUT2D eigenvalue weighted by Gasteiger charge is 2.32. The highest BCUT2D eigenvalue weighted by Crippen LogP contribution is 2.16. The number of halogens is 1. The Bertz CT molecular complexity index is 432. The predicted molar refractivity (Wildman–Crippen MR) is 86.9 cm³/mol. The molecule has 0 aromatic rings. The van der Waals surface area contributed by atoms with Gasteiger partial charge in [0, 0.05) is 19.1 Å². The van der Waals surface area contributed by atoms with Crippen molar-refractivity contribution in [2.45, 2.75) is 58.0 Å². The molecule has 0 saturated carbocycles. The van der Waals surface area contributed by atoms with E-state index in [4.69, 9.17) is 5.73 Å². The summed E-state index contributed by atoms with van der Waals surface area (Å²) in [5, 5.41) is 2.95. The minimum absolute atomic E-state index is 0. The van der Waals surface area contributed by atoms with Crippen LogP contribution in [0, 0.1) is 0 Å². The molecule has 0 spiro atoms. The number of hydrogen-bond donors (Lipinski definition) is 2. The number of amides is 1. The van der Waals surface area contributed by atoms with Crippen LogP contribution in [0.3, 0.4) is 0 Å². The van der Waals surface area contributed by atoms with Gasteiger partial charge in [-0.25, -0.2) is 12.7 Å². The number of nitrogens with two attached hydrogens (primary N) is 1. The smallest absolute Gasteiger partial charge is 0.240 e. The number of rotatable bonds is 6. The Morgan fingerprint density at radius 3 is 2.29 bits per heavy atom. The first-order valence-corrected chi connectivity index (χ1v) is 8.91. The number of hydrogen-bond acceptors (Lipinski definition) is 4. The molecule has 1 atom stereocenters. The molecule has 8 heteroatoms. The lowest BCUT2D eigenvalue weighted by atomic mass is 9.95. The SMILES string of the molecule is CCCC(C)(N)C(=O)NC1CCN(S(=O)(=O)CC)CC1.Cl. The summed E-state index contributed by atoms with van der Waals surface area (Å²) in [6.07, 6.45) is 2.79. The van der Waals surface area contributed by atoms with E-state index in [2.05, 4.69) is 5.32 Å². The molecule has 0 aliphatic carbocycles. The van der Waals surface area contributed by atoms with Crippen LogP contribution < -0.4 is 11.1 Å². The summed E-state index contributed by atoms with van der Waals surface area (Å²) >= 11 is 0. The topological polar surface area (TPSA) is 92.5 Å². The van der Waals surface area contributed by atoms with Gasteiger partial charge >= 0.3 is 0 Å². The Balaban J connectivity index is 0.00000400. The van der Waals surface area contributed by atoms with E-state index < -0.39 is 15.6 Å². The van der Waals surface area contributed by atoms with Crippen LogP contribution in [0.4, 0.5) is 0 Å². The van der Waals surface area contributed by atoms with Crippen LogP contribution in [0.2, 0.25) is 0 Å². The summed E-state index contributed by atoms with van der Waals surface area (Å²) in [5.74, 6) is -0.0161. The van der Waals surface area contributed by atoms with Crippen LogP contribution in [0.5, 0.6) is 0 Å². The van der Waals surface area contributed by atoms with E-state index in [1.54, 1.807) is 13.8 Å². The van der Waals surface area contributed by atoms with Crippen molar-refractivity contribution in [2.24, 2.45) is 5.73 Å². The number of sulfonamides is 1. The normalized spacial score (nSPS) is 20.4. The average Bonchev–Trinajstić information content (AvgIpc) is 2.39. The lowest BCUT2D eigenvalue weighted by Gasteiger charge is -2.33. The molecule has 1 amide bonds. The standard InChI is InChI=1S/C13H27N3O3S.ClH/c1-4-8-13(3,14)12(17)15-11-6-9-16(10-7-11)20(18,19)5-2;/h11H,4-10,14H2,1-3H3,(H,15,17);1H. The minimum Gasteiger partial charge on any atom is -0.352 e. The lowest BCUT2D eigenvalue weighted by Crippen LogP contribution is -2.56. The fraction of sp³-hybridized carbons (Fsp3) is 0.923. The summed E-state index contributed by atoms with van der Waals surface area (Å²) < 4.78 is 25.0. The quantitative estimate of drug-likeness (QED) is 0.749. The third kappa shape index (κ3) is 5.73. The van der Waals surface area contributed by atoms with E-state index >= 15 is 0 Å². The van der Waals surface area contributed by atoms with Crippen LogP contribution in [-0.4, -0.2) is 49.1 Å². The third-order valence-electron chi connectivity index (χ3n) is 3.84. The van der Waals surface area contributed by atoms with E-state index in [0.717, 1.165) is 6.42 Å². The molecular formula is C13H28ClN3O3S. The van der Waals surface area contributed by atoms with Gasteiger partial charge in [0.15, 0.2) is 0 Å². The lowest BCUT2D eigenvalue weighted by molar-refractivity contribution is -0.127. The van der Waals surface area contributed by atoms with Gasteiger partial charge in [-0.05, 0) is 33.1 Å². The second-order valence-electron chi connectivity index (χ2n) is 5.71. The monoisotopic (exact) mass is 341 g/mol.